The predicted molar refractivity (Wildman–Crippen MR) is 100 cm³/mol. The fourth-order valence-electron chi connectivity index (χ4n) is 4.72. The molecule has 3 aromatic rings. The average Bonchev–Trinajstić information content (AvgIpc) is 2.99. The van der Waals surface area contributed by atoms with E-state index < -0.39 is 0 Å². The largest absolute Gasteiger partial charge is 0.340 e. The van der Waals surface area contributed by atoms with Crippen LogP contribution in [0.25, 0.3) is 10.9 Å². The minimum atomic E-state index is 0.0747. The Bertz CT molecular complexity index is 1080. The van der Waals surface area contributed by atoms with Crippen LogP contribution in [0, 0.1) is 5.92 Å². The van der Waals surface area contributed by atoms with Crippen LogP contribution in [0.3, 0.4) is 0 Å². The molecule has 2 bridgehead atoms. The molecular formula is C21H21N3O2. The Hall–Kier alpha value is -2.82. The molecule has 0 unspecified atom stereocenters. The Morgan fingerprint density at radius 2 is 1.88 bits per heavy atom. The lowest BCUT2D eigenvalue weighted by molar-refractivity contribution is 0.0585. The first-order chi connectivity index (χ1) is 12.6. The lowest BCUT2D eigenvalue weighted by Crippen LogP contribution is -2.49. The maximum atomic E-state index is 13.2. The van der Waals surface area contributed by atoms with Crippen molar-refractivity contribution in [3.63, 3.8) is 0 Å². The Balaban J connectivity index is 1.49. The number of aryl methyl sites for hydroxylation is 1. The second-order valence-corrected chi connectivity index (χ2v) is 7.56. The van der Waals surface area contributed by atoms with E-state index in [0.717, 1.165) is 35.3 Å². The van der Waals surface area contributed by atoms with E-state index in [4.69, 9.17) is 0 Å². The molecule has 1 aromatic carbocycles. The molecule has 1 fully saturated rings. The van der Waals surface area contributed by atoms with Crippen molar-refractivity contribution in [2.24, 2.45) is 13.0 Å². The summed E-state index contributed by atoms with van der Waals surface area (Å²) in [6.45, 7) is 2.11. The number of carbonyl (C=O) groups excluding carboxylic acids is 1. The first-order valence-electron chi connectivity index (χ1n) is 9.15. The number of piperidine rings is 1. The summed E-state index contributed by atoms with van der Waals surface area (Å²) in [5.41, 5.74) is 2.95. The van der Waals surface area contributed by atoms with E-state index >= 15 is 0 Å². The van der Waals surface area contributed by atoms with E-state index in [1.165, 1.54) is 0 Å². The fraction of sp³-hybridized carbons (Fsp3) is 0.333. The summed E-state index contributed by atoms with van der Waals surface area (Å²) < 4.78 is 3.89. The molecule has 1 amide bonds. The molecular weight excluding hydrogens is 326 g/mol. The highest BCUT2D eigenvalue weighted by molar-refractivity contribution is 5.98. The van der Waals surface area contributed by atoms with Crippen LogP contribution in [0.1, 0.15) is 28.5 Å². The number of para-hydroxylation sites is 1. The van der Waals surface area contributed by atoms with Crippen LogP contribution in [-0.2, 0) is 13.6 Å². The molecule has 0 aliphatic carbocycles. The van der Waals surface area contributed by atoms with Gasteiger partial charge in [-0.25, -0.2) is 0 Å². The van der Waals surface area contributed by atoms with Gasteiger partial charge in [0.15, 0.2) is 0 Å². The molecule has 2 aromatic heterocycles. The van der Waals surface area contributed by atoms with Gasteiger partial charge in [0.2, 0.25) is 0 Å². The van der Waals surface area contributed by atoms with E-state index in [-0.39, 0.29) is 17.4 Å². The van der Waals surface area contributed by atoms with Crippen LogP contribution in [0.2, 0.25) is 0 Å². The number of hydrogen-bond acceptors (Lipinski definition) is 2. The minimum absolute atomic E-state index is 0.0747. The van der Waals surface area contributed by atoms with Crippen LogP contribution in [0.5, 0.6) is 0 Å². The monoisotopic (exact) mass is 347 g/mol. The van der Waals surface area contributed by atoms with Gasteiger partial charge in [-0.15, -0.1) is 0 Å². The van der Waals surface area contributed by atoms with Crippen molar-refractivity contribution in [1.29, 1.82) is 0 Å². The Kier molecular flexibility index (Phi) is 3.32. The third-order valence-corrected chi connectivity index (χ3v) is 5.94. The lowest BCUT2D eigenvalue weighted by atomic mass is 9.83. The standard InChI is InChI=1S/C21H21N3O2/c1-22-17-6-3-2-5-15(17)10-19(22)21(26)23-11-14-9-16(13-23)18-7-4-8-20(25)24(18)12-14/h2-8,10,14,16H,9,11-13H2,1H3/t14-,16+/m1/s1. The highest BCUT2D eigenvalue weighted by Crippen LogP contribution is 2.35. The number of nitrogens with zero attached hydrogens (tertiary/aromatic N) is 3. The number of rotatable bonds is 1. The van der Waals surface area contributed by atoms with Crippen LogP contribution in [-0.4, -0.2) is 33.0 Å². The van der Waals surface area contributed by atoms with Gasteiger partial charge in [-0.3, -0.25) is 9.59 Å². The van der Waals surface area contributed by atoms with E-state index in [9.17, 15) is 9.59 Å². The summed E-state index contributed by atoms with van der Waals surface area (Å²) in [6.07, 6.45) is 1.06. The van der Waals surface area contributed by atoms with Crippen LogP contribution >= 0.6 is 0 Å². The molecule has 5 rings (SSSR count). The number of amides is 1. The molecule has 2 aliphatic rings. The highest BCUT2D eigenvalue weighted by Gasteiger charge is 2.37. The number of pyridine rings is 1. The van der Waals surface area contributed by atoms with Gasteiger partial charge in [-0.05, 0) is 30.5 Å². The van der Waals surface area contributed by atoms with Gasteiger partial charge in [0, 0.05) is 55.3 Å². The van der Waals surface area contributed by atoms with Gasteiger partial charge < -0.3 is 14.0 Å². The summed E-state index contributed by atoms with van der Waals surface area (Å²) in [5.74, 6) is 0.681. The molecule has 26 heavy (non-hydrogen) atoms. The summed E-state index contributed by atoms with van der Waals surface area (Å²) in [6, 6.07) is 15.6. The van der Waals surface area contributed by atoms with E-state index in [1.54, 1.807) is 6.07 Å². The average molecular weight is 347 g/mol. The van der Waals surface area contributed by atoms with E-state index in [1.807, 2.05) is 63.5 Å². The fourth-order valence-corrected chi connectivity index (χ4v) is 4.72. The summed E-state index contributed by atoms with van der Waals surface area (Å²) in [7, 11) is 1.95. The number of carbonyl (C=O) groups is 1. The van der Waals surface area contributed by atoms with Gasteiger partial charge >= 0.3 is 0 Å². The van der Waals surface area contributed by atoms with Crippen molar-refractivity contribution in [1.82, 2.24) is 14.0 Å². The van der Waals surface area contributed by atoms with Gasteiger partial charge in [0.25, 0.3) is 11.5 Å². The van der Waals surface area contributed by atoms with Gasteiger partial charge in [0.1, 0.15) is 5.69 Å². The first-order valence-corrected chi connectivity index (χ1v) is 9.15. The molecule has 5 nitrogen and oxygen atoms in total. The van der Waals surface area contributed by atoms with Gasteiger partial charge in [0.05, 0.1) is 0 Å². The Labute approximate surface area is 151 Å². The summed E-state index contributed by atoms with van der Waals surface area (Å²) in [4.78, 5) is 27.4. The molecule has 5 heteroatoms. The van der Waals surface area contributed by atoms with Crippen molar-refractivity contribution in [3.8, 4) is 0 Å². The molecule has 1 saturated heterocycles. The lowest BCUT2D eigenvalue weighted by Gasteiger charge is -2.42. The summed E-state index contributed by atoms with van der Waals surface area (Å²) in [5, 5.41) is 1.09. The van der Waals surface area contributed by atoms with Crippen molar-refractivity contribution in [2.75, 3.05) is 13.1 Å². The predicted octanol–water partition coefficient (Wildman–Crippen LogP) is 2.60. The summed E-state index contributed by atoms with van der Waals surface area (Å²) >= 11 is 0. The molecule has 4 heterocycles. The first kappa shape index (κ1) is 15.4. The van der Waals surface area contributed by atoms with E-state index in [2.05, 4.69) is 0 Å². The van der Waals surface area contributed by atoms with Crippen LogP contribution in [0.15, 0.2) is 53.3 Å². The Morgan fingerprint density at radius 1 is 1.04 bits per heavy atom. The maximum absolute atomic E-state index is 13.2. The number of benzene rings is 1. The zero-order valence-corrected chi connectivity index (χ0v) is 14.8. The number of aromatic nitrogens is 2. The van der Waals surface area contributed by atoms with Crippen LogP contribution < -0.4 is 5.56 Å². The molecule has 2 atom stereocenters. The van der Waals surface area contributed by atoms with Gasteiger partial charge in [-0.1, -0.05) is 24.3 Å². The van der Waals surface area contributed by atoms with Crippen molar-refractivity contribution in [3.05, 3.63) is 70.3 Å². The topological polar surface area (TPSA) is 47.2 Å². The second kappa shape index (κ2) is 5.59. The third kappa shape index (κ3) is 2.23. The normalized spacial score (nSPS) is 21.7. The van der Waals surface area contributed by atoms with Gasteiger partial charge in [-0.2, -0.15) is 0 Å². The Morgan fingerprint density at radius 3 is 2.73 bits per heavy atom. The number of hydrogen-bond donors (Lipinski definition) is 0. The minimum Gasteiger partial charge on any atom is -0.340 e. The van der Waals surface area contributed by atoms with Crippen molar-refractivity contribution in [2.45, 2.75) is 18.9 Å². The van der Waals surface area contributed by atoms with Crippen LogP contribution in [0.4, 0.5) is 0 Å². The molecule has 0 N–H and O–H groups in total. The SMILES string of the molecule is Cn1c(C(=O)N2C[C@H]3C[C@@H](C2)c2cccc(=O)n2C3)cc2ccccc21. The molecule has 0 spiro atoms. The zero-order chi connectivity index (χ0) is 17.8. The second-order valence-electron chi connectivity index (χ2n) is 7.56. The molecule has 0 saturated carbocycles. The molecule has 0 radical (unpaired) electrons. The zero-order valence-electron chi connectivity index (χ0n) is 14.8. The van der Waals surface area contributed by atoms with Crippen molar-refractivity contribution >= 4 is 16.8 Å². The number of fused-ring (bicyclic) bond motifs is 5. The highest BCUT2D eigenvalue weighted by atomic mass is 16.2. The molecule has 2 aliphatic heterocycles. The third-order valence-electron chi connectivity index (χ3n) is 5.94. The smallest absolute Gasteiger partial charge is 0.270 e. The van der Waals surface area contributed by atoms with E-state index in [0.29, 0.717) is 19.0 Å². The quantitative estimate of drug-likeness (QED) is 0.679. The van der Waals surface area contributed by atoms with Crippen molar-refractivity contribution < 1.29 is 4.79 Å². The molecule has 132 valence electrons. The number of likely N-dealkylation sites (tertiary alicyclic amines) is 1. The maximum Gasteiger partial charge on any atom is 0.270 e.